The van der Waals surface area contributed by atoms with Crippen LogP contribution in [0.5, 0.6) is 0 Å². The minimum atomic E-state index is 0.736. The SMILES string of the molecule is CC(C)N1CCC(CNC2CCCCC2)C1. The van der Waals surface area contributed by atoms with E-state index >= 15 is 0 Å². The van der Waals surface area contributed by atoms with Gasteiger partial charge in [0.05, 0.1) is 0 Å². The molecule has 94 valence electrons. The second-order valence-corrected chi connectivity index (χ2v) is 5.99. The van der Waals surface area contributed by atoms with Gasteiger partial charge in [0.15, 0.2) is 0 Å². The van der Waals surface area contributed by atoms with Gasteiger partial charge in [-0.2, -0.15) is 0 Å². The Bertz CT molecular complexity index is 197. The molecule has 1 aliphatic heterocycles. The number of rotatable bonds is 4. The lowest BCUT2D eigenvalue weighted by molar-refractivity contribution is 0.260. The molecule has 0 aromatic rings. The summed E-state index contributed by atoms with van der Waals surface area (Å²) in [5.74, 6) is 0.907. The van der Waals surface area contributed by atoms with Crippen LogP contribution in [-0.2, 0) is 0 Å². The van der Waals surface area contributed by atoms with E-state index in [2.05, 4.69) is 24.1 Å². The van der Waals surface area contributed by atoms with Crippen molar-refractivity contribution < 1.29 is 0 Å². The van der Waals surface area contributed by atoms with Gasteiger partial charge in [0.25, 0.3) is 0 Å². The highest BCUT2D eigenvalue weighted by Gasteiger charge is 2.24. The molecule has 1 saturated carbocycles. The van der Waals surface area contributed by atoms with Crippen molar-refractivity contribution in [2.24, 2.45) is 5.92 Å². The number of nitrogens with zero attached hydrogens (tertiary/aromatic N) is 1. The van der Waals surface area contributed by atoms with Crippen molar-refractivity contribution in [1.82, 2.24) is 10.2 Å². The lowest BCUT2D eigenvalue weighted by atomic mass is 9.95. The van der Waals surface area contributed by atoms with Gasteiger partial charge in [0, 0.05) is 18.6 Å². The van der Waals surface area contributed by atoms with Gasteiger partial charge in [-0.05, 0) is 52.1 Å². The number of hydrogen-bond acceptors (Lipinski definition) is 2. The Kier molecular flexibility index (Phi) is 4.66. The first kappa shape index (κ1) is 12.4. The molecule has 0 aromatic heterocycles. The molecule has 2 rings (SSSR count). The zero-order valence-electron chi connectivity index (χ0n) is 11.0. The Morgan fingerprint density at radius 1 is 1.12 bits per heavy atom. The van der Waals surface area contributed by atoms with Gasteiger partial charge in [-0.3, -0.25) is 0 Å². The molecule has 2 aliphatic rings. The van der Waals surface area contributed by atoms with E-state index < -0.39 is 0 Å². The highest BCUT2D eigenvalue weighted by atomic mass is 15.2. The van der Waals surface area contributed by atoms with Crippen LogP contribution in [-0.4, -0.2) is 36.6 Å². The summed E-state index contributed by atoms with van der Waals surface area (Å²) < 4.78 is 0. The van der Waals surface area contributed by atoms with E-state index in [1.165, 1.54) is 58.2 Å². The third-order valence-corrected chi connectivity index (χ3v) is 4.35. The lowest BCUT2D eigenvalue weighted by Crippen LogP contribution is -2.36. The third-order valence-electron chi connectivity index (χ3n) is 4.35. The highest BCUT2D eigenvalue weighted by molar-refractivity contribution is 4.81. The Hall–Kier alpha value is -0.0800. The Balaban J connectivity index is 1.63. The fourth-order valence-electron chi connectivity index (χ4n) is 3.14. The molecule has 2 fully saturated rings. The van der Waals surface area contributed by atoms with Crippen molar-refractivity contribution >= 4 is 0 Å². The van der Waals surface area contributed by atoms with Gasteiger partial charge < -0.3 is 10.2 Å². The molecule has 1 aliphatic carbocycles. The lowest BCUT2D eigenvalue weighted by Gasteiger charge is -2.25. The molecule has 1 N–H and O–H groups in total. The van der Waals surface area contributed by atoms with Crippen molar-refractivity contribution in [3.05, 3.63) is 0 Å². The maximum Gasteiger partial charge on any atom is 0.00671 e. The van der Waals surface area contributed by atoms with Crippen LogP contribution in [0.3, 0.4) is 0 Å². The van der Waals surface area contributed by atoms with Gasteiger partial charge in [0.1, 0.15) is 0 Å². The molecule has 0 amide bonds. The van der Waals surface area contributed by atoms with Crippen molar-refractivity contribution in [3.8, 4) is 0 Å². The van der Waals surface area contributed by atoms with Crippen LogP contribution in [0.1, 0.15) is 52.4 Å². The molecule has 1 heterocycles. The van der Waals surface area contributed by atoms with Crippen LogP contribution >= 0.6 is 0 Å². The monoisotopic (exact) mass is 224 g/mol. The van der Waals surface area contributed by atoms with Crippen molar-refractivity contribution in [3.63, 3.8) is 0 Å². The second kappa shape index (κ2) is 6.02. The van der Waals surface area contributed by atoms with E-state index in [9.17, 15) is 0 Å². The summed E-state index contributed by atoms with van der Waals surface area (Å²) in [6.07, 6.45) is 8.59. The molecule has 1 unspecified atom stereocenters. The number of nitrogens with one attached hydrogen (secondary N) is 1. The Morgan fingerprint density at radius 3 is 2.50 bits per heavy atom. The predicted molar refractivity (Wildman–Crippen MR) is 69.7 cm³/mol. The summed E-state index contributed by atoms with van der Waals surface area (Å²) in [6, 6.07) is 1.57. The smallest absolute Gasteiger partial charge is 0.00671 e. The third kappa shape index (κ3) is 3.46. The number of hydrogen-bond donors (Lipinski definition) is 1. The topological polar surface area (TPSA) is 15.3 Å². The normalized spacial score (nSPS) is 29.1. The van der Waals surface area contributed by atoms with E-state index in [1.807, 2.05) is 0 Å². The minimum Gasteiger partial charge on any atom is -0.314 e. The first-order valence-corrected chi connectivity index (χ1v) is 7.23. The van der Waals surface area contributed by atoms with Crippen molar-refractivity contribution in [2.45, 2.75) is 64.5 Å². The average Bonchev–Trinajstić information content (AvgIpc) is 2.76. The van der Waals surface area contributed by atoms with E-state index in [4.69, 9.17) is 0 Å². The maximum absolute atomic E-state index is 3.80. The molecule has 0 spiro atoms. The van der Waals surface area contributed by atoms with Crippen LogP contribution in [0.25, 0.3) is 0 Å². The van der Waals surface area contributed by atoms with Crippen LogP contribution in [0, 0.1) is 5.92 Å². The second-order valence-electron chi connectivity index (χ2n) is 5.99. The molecule has 2 nitrogen and oxygen atoms in total. The summed E-state index contributed by atoms with van der Waals surface area (Å²) in [5.41, 5.74) is 0. The van der Waals surface area contributed by atoms with Crippen LogP contribution in [0.15, 0.2) is 0 Å². The molecule has 16 heavy (non-hydrogen) atoms. The summed E-state index contributed by atoms with van der Waals surface area (Å²) in [4.78, 5) is 2.62. The Morgan fingerprint density at radius 2 is 1.88 bits per heavy atom. The maximum atomic E-state index is 3.80. The molecular formula is C14H28N2. The van der Waals surface area contributed by atoms with Gasteiger partial charge in [-0.15, -0.1) is 0 Å². The molecule has 0 bridgehead atoms. The van der Waals surface area contributed by atoms with Gasteiger partial charge >= 0.3 is 0 Å². The van der Waals surface area contributed by atoms with E-state index in [0.717, 1.165) is 18.0 Å². The minimum absolute atomic E-state index is 0.736. The van der Waals surface area contributed by atoms with Crippen LogP contribution in [0.2, 0.25) is 0 Å². The molecule has 2 heteroatoms. The first-order chi connectivity index (χ1) is 7.75. The molecule has 1 atom stereocenters. The first-order valence-electron chi connectivity index (χ1n) is 7.23. The highest BCUT2D eigenvalue weighted by Crippen LogP contribution is 2.20. The fraction of sp³-hybridized carbons (Fsp3) is 1.00. The molecule has 0 radical (unpaired) electrons. The van der Waals surface area contributed by atoms with E-state index in [1.54, 1.807) is 0 Å². The van der Waals surface area contributed by atoms with E-state index in [0.29, 0.717) is 0 Å². The zero-order chi connectivity index (χ0) is 11.4. The summed E-state index contributed by atoms with van der Waals surface area (Å²) in [5, 5.41) is 3.80. The molecular weight excluding hydrogens is 196 g/mol. The average molecular weight is 224 g/mol. The van der Waals surface area contributed by atoms with Gasteiger partial charge in [-0.1, -0.05) is 19.3 Å². The predicted octanol–water partition coefficient (Wildman–Crippen LogP) is 2.64. The van der Waals surface area contributed by atoms with Gasteiger partial charge in [-0.25, -0.2) is 0 Å². The standard InChI is InChI=1S/C14H28N2/c1-12(2)16-9-8-13(11-16)10-15-14-6-4-3-5-7-14/h12-15H,3-11H2,1-2H3. The van der Waals surface area contributed by atoms with E-state index in [-0.39, 0.29) is 0 Å². The fourth-order valence-corrected chi connectivity index (χ4v) is 3.14. The zero-order valence-corrected chi connectivity index (χ0v) is 11.0. The van der Waals surface area contributed by atoms with Gasteiger partial charge in [0.2, 0.25) is 0 Å². The quantitative estimate of drug-likeness (QED) is 0.790. The molecule has 1 saturated heterocycles. The Labute approximate surface area is 101 Å². The van der Waals surface area contributed by atoms with Crippen molar-refractivity contribution in [1.29, 1.82) is 0 Å². The molecule has 0 aromatic carbocycles. The van der Waals surface area contributed by atoms with Crippen LogP contribution in [0.4, 0.5) is 0 Å². The summed E-state index contributed by atoms with van der Waals surface area (Å²) >= 11 is 0. The summed E-state index contributed by atoms with van der Waals surface area (Å²) in [7, 11) is 0. The van der Waals surface area contributed by atoms with Crippen LogP contribution < -0.4 is 5.32 Å². The largest absolute Gasteiger partial charge is 0.314 e. The van der Waals surface area contributed by atoms with Crippen molar-refractivity contribution in [2.75, 3.05) is 19.6 Å². The number of likely N-dealkylation sites (tertiary alicyclic amines) is 1. The summed E-state index contributed by atoms with van der Waals surface area (Å²) in [6.45, 7) is 8.52.